The van der Waals surface area contributed by atoms with Crippen molar-refractivity contribution in [3.05, 3.63) is 64.7 Å². The van der Waals surface area contributed by atoms with E-state index in [9.17, 15) is 32.3 Å². The Bertz CT molecular complexity index is 1770. The first kappa shape index (κ1) is 39.2. The van der Waals surface area contributed by atoms with Crippen LogP contribution in [0.2, 0.25) is 5.02 Å². The summed E-state index contributed by atoms with van der Waals surface area (Å²) in [6.07, 6.45) is 1.08. The van der Waals surface area contributed by atoms with Gasteiger partial charge in [-0.2, -0.15) is 28.1 Å². The van der Waals surface area contributed by atoms with E-state index in [2.05, 4.69) is 43.1 Å². The predicted octanol–water partition coefficient (Wildman–Crippen LogP) is 5.87. The lowest BCUT2D eigenvalue weighted by Gasteiger charge is -2.27. The number of ether oxygens (including phenoxy) is 2. The Morgan fingerprint density at radius 2 is 1.64 bits per heavy atom. The molecule has 53 heavy (non-hydrogen) atoms. The van der Waals surface area contributed by atoms with E-state index >= 15 is 0 Å². The second-order valence-corrected chi connectivity index (χ2v) is 13.8. The summed E-state index contributed by atoms with van der Waals surface area (Å²) >= 11 is 6.03. The Labute approximate surface area is 309 Å². The minimum absolute atomic E-state index is 0.0173. The van der Waals surface area contributed by atoms with Crippen LogP contribution in [-0.4, -0.2) is 71.0 Å². The lowest BCUT2D eigenvalue weighted by atomic mass is 9.78. The van der Waals surface area contributed by atoms with Gasteiger partial charge in [0.05, 0.1) is 12.6 Å². The van der Waals surface area contributed by atoms with Crippen molar-refractivity contribution in [1.29, 1.82) is 0 Å². The van der Waals surface area contributed by atoms with Gasteiger partial charge in [0, 0.05) is 29.2 Å². The van der Waals surface area contributed by atoms with Gasteiger partial charge in [-0.3, -0.25) is 14.4 Å². The maximum absolute atomic E-state index is 13.1. The zero-order valence-corrected chi connectivity index (χ0v) is 30.0. The quantitative estimate of drug-likeness (QED) is 0.102. The number of benzene rings is 2. The third-order valence-electron chi connectivity index (χ3n) is 9.38. The van der Waals surface area contributed by atoms with Gasteiger partial charge in [-0.25, -0.2) is 4.79 Å². The maximum Gasteiger partial charge on any atom is 0.422 e. The fourth-order valence-corrected chi connectivity index (χ4v) is 6.32. The molecule has 13 nitrogen and oxygen atoms in total. The van der Waals surface area contributed by atoms with Gasteiger partial charge in [0.2, 0.25) is 17.7 Å². The van der Waals surface area contributed by atoms with Crippen molar-refractivity contribution in [3.8, 4) is 6.01 Å². The molecule has 4 N–H and O–H groups in total. The molecular weight excluding hydrogens is 719 g/mol. The van der Waals surface area contributed by atoms with Crippen LogP contribution in [0.15, 0.2) is 48.5 Å². The normalized spacial score (nSPS) is 18.2. The number of alkyl halides is 3. The average molecular weight is 760 g/mol. The number of methoxy groups -OCH3 is 1. The molecule has 0 bridgehead atoms. The summed E-state index contributed by atoms with van der Waals surface area (Å²) in [7, 11) is 1.17. The van der Waals surface area contributed by atoms with Crippen molar-refractivity contribution in [2.45, 2.75) is 76.0 Å². The zero-order valence-electron chi connectivity index (χ0n) is 29.2. The first-order chi connectivity index (χ1) is 25.2. The molecule has 5 rings (SSSR count). The second-order valence-electron chi connectivity index (χ2n) is 13.3. The summed E-state index contributed by atoms with van der Waals surface area (Å²) in [6.45, 7) is 0.431. The van der Waals surface area contributed by atoms with E-state index in [1.165, 1.54) is 31.4 Å². The smallest absolute Gasteiger partial charge is 0.422 e. The lowest BCUT2D eigenvalue weighted by molar-refractivity contribution is -0.154. The van der Waals surface area contributed by atoms with Gasteiger partial charge in [-0.1, -0.05) is 49.9 Å². The zero-order chi connectivity index (χ0) is 38.2. The number of carbonyl (C=O) groups excluding carboxylic acids is 4. The second kappa shape index (κ2) is 17.2. The molecule has 2 amide bonds. The molecule has 2 saturated carbocycles. The number of rotatable bonds is 16. The molecule has 17 heteroatoms. The molecule has 0 radical (unpaired) electrons. The molecular formula is C36H41ClF3N7O6. The summed E-state index contributed by atoms with van der Waals surface area (Å²) in [6, 6.07) is 11.4. The Morgan fingerprint density at radius 3 is 2.28 bits per heavy atom. The Hall–Kier alpha value is -4.99. The van der Waals surface area contributed by atoms with E-state index < -0.39 is 53.9 Å². The Morgan fingerprint density at radius 1 is 0.962 bits per heavy atom. The highest BCUT2D eigenvalue weighted by molar-refractivity contribution is 6.36. The first-order valence-corrected chi connectivity index (χ1v) is 17.7. The fourth-order valence-electron chi connectivity index (χ4n) is 6.20. The van der Waals surface area contributed by atoms with Crippen molar-refractivity contribution in [1.82, 2.24) is 25.6 Å². The van der Waals surface area contributed by atoms with Gasteiger partial charge < -0.3 is 30.7 Å². The van der Waals surface area contributed by atoms with Gasteiger partial charge in [0.25, 0.3) is 11.8 Å². The number of nitrogens with one attached hydrogen (secondary N) is 4. The van der Waals surface area contributed by atoms with Gasteiger partial charge >= 0.3 is 18.2 Å². The number of anilines is 3. The van der Waals surface area contributed by atoms with Crippen molar-refractivity contribution in [2.75, 3.05) is 30.9 Å². The number of aromatic nitrogens is 3. The molecule has 2 unspecified atom stereocenters. The third kappa shape index (κ3) is 11.2. The molecule has 284 valence electrons. The van der Waals surface area contributed by atoms with E-state index in [0.717, 1.165) is 44.1 Å². The highest BCUT2D eigenvalue weighted by Gasteiger charge is 2.45. The van der Waals surface area contributed by atoms with Gasteiger partial charge in [0.15, 0.2) is 6.61 Å². The molecule has 1 heterocycles. The Balaban J connectivity index is 1.20. The van der Waals surface area contributed by atoms with Gasteiger partial charge in [-0.15, -0.1) is 0 Å². The number of Topliss-reactive ketones (excluding diaryl/α,β-unsaturated/α-hetero) is 1. The topological polar surface area (TPSA) is 174 Å². The van der Waals surface area contributed by atoms with Gasteiger partial charge in [0.1, 0.15) is 6.04 Å². The molecule has 2 aliphatic rings. The number of halogens is 4. The van der Waals surface area contributed by atoms with E-state index in [4.69, 9.17) is 21.1 Å². The van der Waals surface area contributed by atoms with Crippen LogP contribution in [0.4, 0.5) is 30.8 Å². The molecule has 2 aromatic carbocycles. The number of esters is 1. The van der Waals surface area contributed by atoms with E-state index in [-0.39, 0.29) is 42.8 Å². The monoisotopic (exact) mass is 759 g/mol. The summed E-state index contributed by atoms with van der Waals surface area (Å²) in [5, 5.41) is 11.8. The van der Waals surface area contributed by atoms with E-state index in [0.29, 0.717) is 16.6 Å². The van der Waals surface area contributed by atoms with Crippen LogP contribution in [-0.2, 0) is 24.7 Å². The van der Waals surface area contributed by atoms with Crippen LogP contribution in [0, 0.1) is 11.8 Å². The van der Waals surface area contributed by atoms with E-state index in [1.54, 1.807) is 12.1 Å². The third-order valence-corrected chi connectivity index (χ3v) is 9.63. The standard InChI is InChI=1S/C36H41ClF3N7O6/c1-21-5-3-4-6-23(21)19-28(48)30(50)41-18-15-27(31(51)52-2)43-29(49)22-7-13-26(14-8-22)42-32-44-33(46-34(45-32)53-20-36(38,39)40)47-35(16-17-35)24-9-11-25(37)12-10-24/h7-14,21,23,27H,3-6,15-20H2,1-2H3,(H,41,50)(H,43,49)(H2,42,44,45,46,47)/t21?,23?,27-/m0/s1. The van der Waals surface area contributed by atoms with Crippen LogP contribution in [0.3, 0.4) is 0 Å². The summed E-state index contributed by atoms with van der Waals surface area (Å²) in [4.78, 5) is 62.9. The van der Waals surface area contributed by atoms with Crippen LogP contribution in [0.1, 0.15) is 74.2 Å². The number of nitrogens with zero attached hydrogens (tertiary/aromatic N) is 3. The molecule has 0 saturated heterocycles. The highest BCUT2D eigenvalue weighted by atomic mass is 35.5. The molecule has 2 aliphatic carbocycles. The molecule has 3 aromatic rings. The van der Waals surface area contributed by atoms with Crippen LogP contribution >= 0.6 is 11.6 Å². The van der Waals surface area contributed by atoms with Crippen LogP contribution in [0.5, 0.6) is 6.01 Å². The SMILES string of the molecule is COC(=O)[C@H](CCNC(=O)C(=O)CC1CCCCC1C)NC(=O)c1ccc(Nc2nc(NC3(c4ccc(Cl)cc4)CC3)nc(OCC(F)(F)F)n2)cc1. The molecule has 0 aliphatic heterocycles. The summed E-state index contributed by atoms with van der Waals surface area (Å²) in [5.41, 5.74) is 0.894. The van der Waals surface area contributed by atoms with Crippen molar-refractivity contribution in [2.24, 2.45) is 11.8 Å². The van der Waals surface area contributed by atoms with Crippen molar-refractivity contribution < 1.29 is 41.8 Å². The lowest BCUT2D eigenvalue weighted by Crippen LogP contribution is -2.44. The molecule has 1 aromatic heterocycles. The number of hydrogen-bond acceptors (Lipinski definition) is 11. The minimum atomic E-state index is -4.63. The number of ketones is 1. The average Bonchev–Trinajstić information content (AvgIpc) is 3.91. The minimum Gasteiger partial charge on any atom is -0.467 e. The number of carbonyl (C=O) groups is 4. The van der Waals surface area contributed by atoms with Crippen molar-refractivity contribution in [3.63, 3.8) is 0 Å². The number of amides is 2. The van der Waals surface area contributed by atoms with Crippen LogP contribution < -0.4 is 26.0 Å². The van der Waals surface area contributed by atoms with Crippen LogP contribution in [0.25, 0.3) is 0 Å². The summed E-state index contributed by atoms with van der Waals surface area (Å²) in [5.74, 6) is -2.17. The Kier molecular flexibility index (Phi) is 12.7. The predicted molar refractivity (Wildman–Crippen MR) is 189 cm³/mol. The first-order valence-electron chi connectivity index (χ1n) is 17.3. The summed E-state index contributed by atoms with van der Waals surface area (Å²) < 4.78 is 48.5. The molecule has 0 spiro atoms. The molecule has 3 atom stereocenters. The van der Waals surface area contributed by atoms with Gasteiger partial charge in [-0.05, 0) is 79.5 Å². The largest absolute Gasteiger partial charge is 0.467 e. The van der Waals surface area contributed by atoms with E-state index in [1.807, 2.05) is 12.1 Å². The molecule has 2 fully saturated rings. The number of hydrogen-bond donors (Lipinski definition) is 4. The van der Waals surface area contributed by atoms with Crippen molar-refractivity contribution >= 4 is 52.8 Å². The highest BCUT2D eigenvalue weighted by Crippen LogP contribution is 2.48. The maximum atomic E-state index is 13.1. The fraction of sp³-hybridized carbons (Fsp3) is 0.472.